The first-order valence-corrected chi connectivity index (χ1v) is 11.2. The van der Waals surface area contributed by atoms with Crippen molar-refractivity contribution >= 4 is 23.5 Å². The number of aromatic nitrogens is 2. The van der Waals surface area contributed by atoms with Gasteiger partial charge in [-0.2, -0.15) is 4.98 Å². The second-order valence-electron chi connectivity index (χ2n) is 8.53. The van der Waals surface area contributed by atoms with Crippen LogP contribution in [0.25, 0.3) is 0 Å². The molecule has 1 amide bonds. The molecule has 0 aliphatic carbocycles. The summed E-state index contributed by atoms with van der Waals surface area (Å²) in [5, 5.41) is 3.06. The van der Waals surface area contributed by atoms with E-state index in [0.29, 0.717) is 38.9 Å². The van der Waals surface area contributed by atoms with E-state index in [9.17, 15) is 4.79 Å². The molecule has 0 radical (unpaired) electrons. The molecule has 10 heteroatoms. The van der Waals surface area contributed by atoms with Gasteiger partial charge in [0.25, 0.3) is 0 Å². The predicted octanol–water partition coefficient (Wildman–Crippen LogP) is 2.67. The molecular weight excluding hydrogens is 446 g/mol. The first kappa shape index (κ1) is 26.8. The normalized spacial score (nSPS) is 11.6. The third-order valence-electron chi connectivity index (χ3n) is 4.91. The number of carbonyl (C=O) groups is 1. The van der Waals surface area contributed by atoms with Gasteiger partial charge in [-0.1, -0.05) is 35.9 Å². The molecule has 2 aromatic rings. The highest BCUT2D eigenvalue weighted by Crippen LogP contribution is 2.16. The Balaban J connectivity index is 1.57. The molecule has 0 fully saturated rings. The number of benzene rings is 1. The molecule has 0 saturated heterocycles. The van der Waals surface area contributed by atoms with Crippen molar-refractivity contribution in [3.8, 4) is 5.88 Å². The lowest BCUT2D eigenvalue weighted by Gasteiger charge is -2.31. The summed E-state index contributed by atoms with van der Waals surface area (Å²) in [4.78, 5) is 21.9. The van der Waals surface area contributed by atoms with Crippen LogP contribution >= 0.6 is 11.6 Å². The van der Waals surface area contributed by atoms with Crippen LogP contribution in [0.4, 0.5) is 5.95 Å². The topological polar surface area (TPSA) is 112 Å². The van der Waals surface area contributed by atoms with Crippen molar-refractivity contribution in [1.29, 1.82) is 0 Å². The van der Waals surface area contributed by atoms with E-state index in [4.69, 9.17) is 31.5 Å². The first-order chi connectivity index (χ1) is 15.6. The summed E-state index contributed by atoms with van der Waals surface area (Å²) < 4.78 is 16.5. The SMILES string of the molecule is CN(CCOCCOCC(=O)NCc1ccc(COc2cc(Cl)nc(N)n2)cc1)C(C)(C)C. The number of hydrogen-bond donors (Lipinski definition) is 2. The largest absolute Gasteiger partial charge is 0.473 e. The zero-order chi connectivity index (χ0) is 24.3. The molecule has 0 bridgehead atoms. The molecule has 9 nitrogen and oxygen atoms in total. The number of hydrogen-bond acceptors (Lipinski definition) is 8. The summed E-state index contributed by atoms with van der Waals surface area (Å²) >= 11 is 5.83. The van der Waals surface area contributed by atoms with Crippen LogP contribution in [-0.4, -0.2) is 66.3 Å². The highest BCUT2D eigenvalue weighted by Gasteiger charge is 2.15. The van der Waals surface area contributed by atoms with E-state index in [1.807, 2.05) is 24.3 Å². The predicted molar refractivity (Wildman–Crippen MR) is 128 cm³/mol. The van der Waals surface area contributed by atoms with Crippen LogP contribution in [0.1, 0.15) is 31.9 Å². The minimum Gasteiger partial charge on any atom is -0.473 e. The van der Waals surface area contributed by atoms with Gasteiger partial charge in [0.15, 0.2) is 0 Å². The Morgan fingerprint density at radius 3 is 2.42 bits per heavy atom. The number of ether oxygens (including phenoxy) is 3. The maximum Gasteiger partial charge on any atom is 0.246 e. The summed E-state index contributed by atoms with van der Waals surface area (Å²) in [6.07, 6.45) is 0. The van der Waals surface area contributed by atoms with Crippen LogP contribution in [0.2, 0.25) is 5.15 Å². The molecule has 0 atom stereocenters. The molecule has 0 aliphatic heterocycles. The van der Waals surface area contributed by atoms with Gasteiger partial charge in [-0.05, 0) is 38.9 Å². The third kappa shape index (κ3) is 10.8. The molecule has 182 valence electrons. The van der Waals surface area contributed by atoms with Gasteiger partial charge in [-0.15, -0.1) is 0 Å². The number of nitrogens with zero attached hydrogens (tertiary/aromatic N) is 3. The van der Waals surface area contributed by atoms with E-state index >= 15 is 0 Å². The zero-order valence-corrected chi connectivity index (χ0v) is 20.5. The van der Waals surface area contributed by atoms with E-state index in [1.54, 1.807) is 0 Å². The number of nitrogens with one attached hydrogen (secondary N) is 1. The minimum atomic E-state index is -0.173. The monoisotopic (exact) mass is 479 g/mol. The number of anilines is 1. The second kappa shape index (κ2) is 13.3. The number of halogens is 1. The fraction of sp³-hybridized carbons (Fsp3) is 0.522. The van der Waals surface area contributed by atoms with E-state index in [2.05, 4.69) is 48.0 Å². The summed E-state index contributed by atoms with van der Waals surface area (Å²) in [6.45, 7) is 9.52. The fourth-order valence-corrected chi connectivity index (χ4v) is 2.75. The zero-order valence-electron chi connectivity index (χ0n) is 19.8. The summed E-state index contributed by atoms with van der Waals surface area (Å²) in [5.74, 6) is 0.198. The number of rotatable bonds is 13. The van der Waals surface area contributed by atoms with Gasteiger partial charge in [-0.25, -0.2) is 4.98 Å². The van der Waals surface area contributed by atoms with E-state index in [-0.39, 0.29) is 29.2 Å². The van der Waals surface area contributed by atoms with Crippen molar-refractivity contribution in [3.63, 3.8) is 0 Å². The summed E-state index contributed by atoms with van der Waals surface area (Å²) in [7, 11) is 2.07. The van der Waals surface area contributed by atoms with Crippen LogP contribution in [-0.2, 0) is 27.4 Å². The highest BCUT2D eigenvalue weighted by molar-refractivity contribution is 6.29. The van der Waals surface area contributed by atoms with Crippen molar-refractivity contribution in [2.45, 2.75) is 39.5 Å². The average molecular weight is 480 g/mol. The van der Waals surface area contributed by atoms with Gasteiger partial charge >= 0.3 is 0 Å². The molecule has 1 aromatic carbocycles. The molecule has 3 N–H and O–H groups in total. The lowest BCUT2D eigenvalue weighted by atomic mass is 10.1. The molecule has 0 spiro atoms. The van der Waals surface area contributed by atoms with Gasteiger partial charge in [0, 0.05) is 24.7 Å². The van der Waals surface area contributed by atoms with Gasteiger partial charge in [0.05, 0.1) is 19.8 Å². The Hall–Kier alpha value is -2.46. The van der Waals surface area contributed by atoms with Crippen LogP contribution in [0.15, 0.2) is 30.3 Å². The second-order valence-corrected chi connectivity index (χ2v) is 8.91. The van der Waals surface area contributed by atoms with Gasteiger partial charge < -0.3 is 25.3 Å². The number of carbonyl (C=O) groups excluding carboxylic acids is 1. The smallest absolute Gasteiger partial charge is 0.246 e. The quantitative estimate of drug-likeness (QED) is 0.333. The van der Waals surface area contributed by atoms with E-state index in [1.165, 1.54) is 6.07 Å². The Labute approximate surface area is 200 Å². The summed E-state index contributed by atoms with van der Waals surface area (Å²) in [5.41, 5.74) is 7.57. The van der Waals surface area contributed by atoms with E-state index < -0.39 is 0 Å². The van der Waals surface area contributed by atoms with Gasteiger partial charge in [0.2, 0.25) is 17.7 Å². The van der Waals surface area contributed by atoms with Crippen molar-refractivity contribution in [3.05, 3.63) is 46.6 Å². The fourth-order valence-electron chi connectivity index (χ4n) is 2.57. The van der Waals surface area contributed by atoms with Gasteiger partial charge in [-0.3, -0.25) is 9.69 Å². The van der Waals surface area contributed by atoms with Crippen molar-refractivity contribution in [1.82, 2.24) is 20.2 Å². The maximum absolute atomic E-state index is 11.9. The molecule has 0 unspecified atom stereocenters. The number of likely N-dealkylation sites (N-methyl/N-ethyl adjacent to an activating group) is 1. The first-order valence-electron chi connectivity index (χ1n) is 10.8. The Morgan fingerprint density at radius 1 is 1.09 bits per heavy atom. The number of amides is 1. The van der Waals surface area contributed by atoms with Gasteiger partial charge in [0.1, 0.15) is 18.4 Å². The van der Waals surface area contributed by atoms with Crippen LogP contribution in [0.3, 0.4) is 0 Å². The van der Waals surface area contributed by atoms with Crippen molar-refractivity contribution in [2.24, 2.45) is 0 Å². The minimum absolute atomic E-state index is 0.00179. The summed E-state index contributed by atoms with van der Waals surface area (Å²) in [6, 6.07) is 9.17. The molecule has 0 saturated carbocycles. The maximum atomic E-state index is 11.9. The molecule has 33 heavy (non-hydrogen) atoms. The van der Waals surface area contributed by atoms with Crippen molar-refractivity contribution < 1.29 is 19.0 Å². The molecule has 1 aromatic heterocycles. The molecule has 0 aliphatic rings. The molecule has 2 rings (SSSR count). The molecular formula is C23H34ClN5O4. The Morgan fingerprint density at radius 2 is 1.76 bits per heavy atom. The van der Waals surface area contributed by atoms with Crippen LogP contribution < -0.4 is 15.8 Å². The Kier molecular flexibility index (Phi) is 10.8. The highest BCUT2D eigenvalue weighted by atomic mass is 35.5. The lowest BCUT2D eigenvalue weighted by molar-refractivity contribution is -0.126. The van der Waals surface area contributed by atoms with E-state index in [0.717, 1.165) is 17.7 Å². The van der Waals surface area contributed by atoms with Crippen molar-refractivity contribution in [2.75, 3.05) is 45.8 Å². The lowest BCUT2D eigenvalue weighted by Crippen LogP contribution is -2.40. The number of nitrogens with two attached hydrogens (primary N) is 1. The average Bonchev–Trinajstić information content (AvgIpc) is 2.75. The standard InChI is InChI=1S/C23H34ClN5O4/c1-23(2,3)29(4)9-10-31-11-12-32-16-20(30)26-14-17-5-7-18(8-6-17)15-33-21-13-19(24)27-22(25)28-21/h5-8,13H,9-12,14-16H2,1-4H3,(H,26,30)(H2,25,27,28). The number of nitrogen functional groups attached to an aromatic ring is 1. The molecule has 1 heterocycles. The third-order valence-corrected chi connectivity index (χ3v) is 5.10. The Bertz CT molecular complexity index is 854. The van der Waals surface area contributed by atoms with Crippen LogP contribution in [0, 0.1) is 0 Å². The van der Waals surface area contributed by atoms with Crippen LogP contribution in [0.5, 0.6) is 5.88 Å².